The molecule has 0 aliphatic carbocycles. The first kappa shape index (κ1) is 31.3. The van der Waals surface area contributed by atoms with Crippen LogP contribution in [0.4, 0.5) is 15.8 Å². The molecular weight excluding hydrogens is 589 g/mol. The fourth-order valence-corrected chi connectivity index (χ4v) is 5.20. The van der Waals surface area contributed by atoms with Crippen molar-refractivity contribution in [1.29, 1.82) is 0 Å². The first-order valence-electron chi connectivity index (χ1n) is 13.3. The molecule has 4 rings (SSSR count). The summed E-state index contributed by atoms with van der Waals surface area (Å²) in [6.45, 7) is 1.90. The number of carbonyl (C=O) groups is 3. The van der Waals surface area contributed by atoms with Crippen LogP contribution in [0.25, 0.3) is 6.08 Å². The molecule has 0 aromatic heterocycles. The molecule has 0 fully saturated rings. The average molecular weight is 618 g/mol. The van der Waals surface area contributed by atoms with Gasteiger partial charge in [0.1, 0.15) is 17.3 Å². The second-order valence-corrected chi connectivity index (χ2v) is 10.9. The number of nitrogens with one attached hydrogen (secondary N) is 3. The van der Waals surface area contributed by atoms with Gasteiger partial charge in [0.05, 0.1) is 18.0 Å². The van der Waals surface area contributed by atoms with Gasteiger partial charge in [0, 0.05) is 26.7 Å². The number of amides is 3. The molecule has 0 aliphatic rings. The monoisotopic (exact) mass is 617 g/mol. The number of carbonyl (C=O) groups excluding carboxylic acids is 3. The number of rotatable bonds is 11. The highest BCUT2D eigenvalue weighted by atomic mass is 35.5. The van der Waals surface area contributed by atoms with E-state index in [1.165, 1.54) is 43.1 Å². The van der Waals surface area contributed by atoms with E-state index in [1.807, 2.05) is 13.0 Å². The third-order valence-corrected chi connectivity index (χ3v) is 7.78. The van der Waals surface area contributed by atoms with E-state index < -0.39 is 22.9 Å². The van der Waals surface area contributed by atoms with Gasteiger partial charge in [-0.2, -0.15) is 0 Å². The first-order valence-corrected chi connectivity index (χ1v) is 14.6. The van der Waals surface area contributed by atoms with E-state index in [-0.39, 0.29) is 17.2 Å². The minimum absolute atomic E-state index is 0.137. The SMILES string of the molecule is CCC(Sc1cccc(NC(=O)/C(=C/c2ccccc2F)NC(=O)c2ccccc2)c1)C(=O)Nc1cc(Cl)ccc1OC. The Bertz CT molecular complexity index is 1650. The summed E-state index contributed by atoms with van der Waals surface area (Å²) in [5.41, 5.74) is 1.23. The lowest BCUT2D eigenvalue weighted by atomic mass is 10.1. The zero-order valence-electron chi connectivity index (χ0n) is 23.4. The Kier molecular flexibility index (Phi) is 11.0. The van der Waals surface area contributed by atoms with E-state index in [1.54, 1.807) is 72.8 Å². The van der Waals surface area contributed by atoms with Gasteiger partial charge in [-0.3, -0.25) is 14.4 Å². The second kappa shape index (κ2) is 15.0. The molecule has 0 radical (unpaired) electrons. The van der Waals surface area contributed by atoms with Gasteiger partial charge in [0.15, 0.2) is 0 Å². The highest BCUT2D eigenvalue weighted by Gasteiger charge is 2.21. The second-order valence-electron chi connectivity index (χ2n) is 9.23. The maximum absolute atomic E-state index is 14.4. The van der Waals surface area contributed by atoms with Gasteiger partial charge in [-0.25, -0.2) is 4.39 Å². The van der Waals surface area contributed by atoms with Crippen molar-refractivity contribution in [2.75, 3.05) is 17.7 Å². The number of anilines is 2. The Morgan fingerprint density at radius 3 is 2.40 bits per heavy atom. The van der Waals surface area contributed by atoms with Crippen LogP contribution >= 0.6 is 23.4 Å². The smallest absolute Gasteiger partial charge is 0.272 e. The third-order valence-electron chi connectivity index (χ3n) is 6.19. The Hall–Kier alpha value is -4.60. The van der Waals surface area contributed by atoms with Crippen molar-refractivity contribution in [2.24, 2.45) is 0 Å². The van der Waals surface area contributed by atoms with E-state index >= 15 is 0 Å². The van der Waals surface area contributed by atoms with Crippen molar-refractivity contribution < 1.29 is 23.5 Å². The lowest BCUT2D eigenvalue weighted by Crippen LogP contribution is -2.30. The number of benzene rings is 4. The summed E-state index contributed by atoms with van der Waals surface area (Å²) in [5.74, 6) is -1.45. The number of halogens is 2. The quantitative estimate of drug-likeness (QED) is 0.120. The zero-order chi connectivity index (χ0) is 30.8. The molecule has 3 amide bonds. The van der Waals surface area contributed by atoms with Crippen molar-refractivity contribution in [3.63, 3.8) is 0 Å². The lowest BCUT2D eigenvalue weighted by molar-refractivity contribution is -0.116. The molecule has 0 bridgehead atoms. The molecule has 1 atom stereocenters. The molecular formula is C33H29ClFN3O4S. The zero-order valence-corrected chi connectivity index (χ0v) is 25.0. The average Bonchev–Trinajstić information content (AvgIpc) is 3.01. The molecule has 4 aromatic rings. The highest BCUT2D eigenvalue weighted by molar-refractivity contribution is 8.00. The topological polar surface area (TPSA) is 96.5 Å². The van der Waals surface area contributed by atoms with Gasteiger partial charge >= 0.3 is 0 Å². The van der Waals surface area contributed by atoms with Crippen LogP contribution in [0.2, 0.25) is 5.02 Å². The van der Waals surface area contributed by atoms with Crippen LogP contribution in [0.1, 0.15) is 29.3 Å². The molecule has 0 saturated heterocycles. The van der Waals surface area contributed by atoms with Crippen molar-refractivity contribution in [1.82, 2.24) is 5.32 Å². The Labute approximate surface area is 258 Å². The Morgan fingerprint density at radius 1 is 0.930 bits per heavy atom. The summed E-state index contributed by atoms with van der Waals surface area (Å²) in [6.07, 6.45) is 1.81. The number of hydrogen-bond donors (Lipinski definition) is 3. The van der Waals surface area contributed by atoms with Gasteiger partial charge in [-0.1, -0.05) is 61.0 Å². The molecule has 220 valence electrons. The summed E-state index contributed by atoms with van der Waals surface area (Å²) in [5, 5.41) is 8.25. The Balaban J connectivity index is 1.51. The summed E-state index contributed by atoms with van der Waals surface area (Å²) in [6, 6.07) is 26.3. The predicted octanol–water partition coefficient (Wildman–Crippen LogP) is 7.41. The van der Waals surface area contributed by atoms with Gasteiger partial charge in [-0.05, 0) is 67.1 Å². The molecule has 0 aliphatic heterocycles. The number of thioether (sulfide) groups is 1. The van der Waals surface area contributed by atoms with Crippen LogP contribution in [0, 0.1) is 5.82 Å². The van der Waals surface area contributed by atoms with E-state index in [9.17, 15) is 18.8 Å². The lowest BCUT2D eigenvalue weighted by Gasteiger charge is -2.17. The molecule has 0 heterocycles. The predicted molar refractivity (Wildman–Crippen MR) is 170 cm³/mol. The summed E-state index contributed by atoms with van der Waals surface area (Å²) in [4.78, 5) is 40.1. The highest BCUT2D eigenvalue weighted by Crippen LogP contribution is 2.32. The standard InChI is InChI=1S/C33H29ClFN3O4S/c1-3-30(33(41)37-27-19-23(34)16-17-29(27)42-2)43-25-14-9-13-24(20-25)36-32(40)28(18-22-12-7-8-15-26(22)35)38-31(39)21-10-5-4-6-11-21/h4-20,30H,3H2,1-2H3,(H,36,40)(H,37,41)(H,38,39)/b28-18-. The van der Waals surface area contributed by atoms with Crippen LogP contribution in [0.15, 0.2) is 108 Å². The van der Waals surface area contributed by atoms with Crippen LogP contribution in [-0.2, 0) is 9.59 Å². The first-order chi connectivity index (χ1) is 20.8. The molecule has 43 heavy (non-hydrogen) atoms. The van der Waals surface area contributed by atoms with Crippen LogP contribution in [-0.4, -0.2) is 30.1 Å². The summed E-state index contributed by atoms with van der Waals surface area (Å²) in [7, 11) is 1.51. The van der Waals surface area contributed by atoms with Gasteiger partial charge < -0.3 is 20.7 Å². The van der Waals surface area contributed by atoms with Crippen molar-refractivity contribution in [3.05, 3.63) is 125 Å². The van der Waals surface area contributed by atoms with Crippen molar-refractivity contribution >= 4 is 58.5 Å². The van der Waals surface area contributed by atoms with Gasteiger partial charge in [-0.15, -0.1) is 11.8 Å². The number of methoxy groups -OCH3 is 1. The summed E-state index contributed by atoms with van der Waals surface area (Å²) >= 11 is 7.43. The maximum atomic E-state index is 14.4. The maximum Gasteiger partial charge on any atom is 0.272 e. The summed E-state index contributed by atoms with van der Waals surface area (Å²) < 4.78 is 19.8. The van der Waals surface area contributed by atoms with Gasteiger partial charge in [0.2, 0.25) is 5.91 Å². The van der Waals surface area contributed by atoms with E-state index in [0.29, 0.717) is 34.1 Å². The minimum atomic E-state index is -0.646. The largest absolute Gasteiger partial charge is 0.495 e. The molecule has 0 spiro atoms. The number of ether oxygens (including phenoxy) is 1. The van der Waals surface area contributed by atoms with Crippen molar-refractivity contribution in [2.45, 2.75) is 23.5 Å². The minimum Gasteiger partial charge on any atom is -0.495 e. The molecule has 7 nitrogen and oxygen atoms in total. The van der Waals surface area contributed by atoms with Crippen LogP contribution in [0.3, 0.4) is 0 Å². The van der Waals surface area contributed by atoms with E-state index in [2.05, 4.69) is 16.0 Å². The molecule has 4 aromatic carbocycles. The van der Waals surface area contributed by atoms with Gasteiger partial charge in [0.25, 0.3) is 11.8 Å². The third kappa shape index (κ3) is 8.70. The molecule has 3 N–H and O–H groups in total. The molecule has 1 unspecified atom stereocenters. The molecule has 10 heteroatoms. The fraction of sp³-hybridized carbons (Fsp3) is 0.121. The number of hydrogen-bond acceptors (Lipinski definition) is 5. The van der Waals surface area contributed by atoms with Crippen LogP contribution < -0.4 is 20.7 Å². The molecule has 0 saturated carbocycles. The van der Waals surface area contributed by atoms with E-state index in [4.69, 9.17) is 16.3 Å². The normalized spacial score (nSPS) is 11.8. The van der Waals surface area contributed by atoms with Crippen molar-refractivity contribution in [3.8, 4) is 5.75 Å². The fourth-order valence-electron chi connectivity index (χ4n) is 4.01. The Morgan fingerprint density at radius 2 is 1.67 bits per heavy atom. The van der Waals surface area contributed by atoms with E-state index in [0.717, 1.165) is 4.90 Å². The van der Waals surface area contributed by atoms with Crippen LogP contribution in [0.5, 0.6) is 5.75 Å².